The molecule has 0 spiro atoms. The van der Waals surface area contributed by atoms with Crippen LogP contribution in [-0.4, -0.2) is 61.5 Å². The molecule has 1 aromatic carbocycles. The molecular weight excluding hydrogens is 390 g/mol. The summed E-state index contributed by atoms with van der Waals surface area (Å²) in [5.41, 5.74) is 0.993. The molecule has 2 N–H and O–H groups in total. The highest BCUT2D eigenvalue weighted by Crippen LogP contribution is 2.43. The lowest BCUT2D eigenvalue weighted by atomic mass is 10.1. The van der Waals surface area contributed by atoms with Gasteiger partial charge in [-0.25, -0.2) is 14.6 Å². The number of nitrogens with zero attached hydrogens (tertiary/aromatic N) is 4. The lowest BCUT2D eigenvalue weighted by Gasteiger charge is -2.23. The highest BCUT2D eigenvalue weighted by atomic mass is 16.8. The minimum absolute atomic E-state index is 0.205. The van der Waals surface area contributed by atoms with Gasteiger partial charge in [0, 0.05) is 5.56 Å². The summed E-state index contributed by atoms with van der Waals surface area (Å²) in [6, 6.07) is 8.86. The molecule has 5 rings (SSSR count). The molecule has 2 aliphatic rings. The summed E-state index contributed by atoms with van der Waals surface area (Å²) in [7, 11) is 0. The summed E-state index contributed by atoms with van der Waals surface area (Å²) in [6.07, 6.45) is 0.860. The molecule has 10 heteroatoms. The Morgan fingerprint density at radius 3 is 2.73 bits per heavy atom. The number of aromatic nitrogens is 4. The van der Waals surface area contributed by atoms with Crippen LogP contribution in [0.4, 0.5) is 5.82 Å². The van der Waals surface area contributed by atoms with Gasteiger partial charge in [-0.1, -0.05) is 18.2 Å². The van der Waals surface area contributed by atoms with Crippen LogP contribution in [0.1, 0.15) is 30.4 Å². The average Bonchev–Trinajstić information content (AvgIpc) is 3.39. The predicted molar refractivity (Wildman–Crippen MR) is 105 cm³/mol. The van der Waals surface area contributed by atoms with Gasteiger partial charge in [0.05, 0.1) is 18.2 Å². The normalized spacial score (nSPS) is 27.3. The monoisotopic (exact) mass is 411 g/mol. The molecule has 3 aromatic rings. The first-order valence-corrected chi connectivity index (χ1v) is 9.63. The molecule has 156 valence electrons. The summed E-state index contributed by atoms with van der Waals surface area (Å²) < 4.78 is 19.5. The molecule has 0 radical (unpaired) electrons. The van der Waals surface area contributed by atoms with Crippen LogP contribution in [0.15, 0.2) is 42.9 Å². The quantitative estimate of drug-likeness (QED) is 0.662. The Kier molecular flexibility index (Phi) is 4.51. The molecule has 10 nitrogen and oxygen atoms in total. The highest BCUT2D eigenvalue weighted by molar-refractivity contribution is 6.07. The van der Waals surface area contributed by atoms with Crippen LogP contribution in [0.25, 0.3) is 11.0 Å². The maximum absolute atomic E-state index is 12.5. The fourth-order valence-electron chi connectivity index (χ4n) is 3.92. The van der Waals surface area contributed by atoms with Gasteiger partial charge in [0.15, 0.2) is 17.7 Å². The van der Waals surface area contributed by atoms with Crippen LogP contribution in [0, 0.1) is 0 Å². The van der Waals surface area contributed by atoms with E-state index >= 15 is 0 Å². The van der Waals surface area contributed by atoms with E-state index in [9.17, 15) is 9.90 Å². The molecule has 0 aliphatic carbocycles. The van der Waals surface area contributed by atoms with Crippen LogP contribution in [0.5, 0.6) is 0 Å². The minimum Gasteiger partial charge on any atom is -0.394 e. The Morgan fingerprint density at radius 1 is 1.20 bits per heavy atom. The number of ether oxygens (including phenoxy) is 3. The maximum atomic E-state index is 12.5. The first kappa shape index (κ1) is 19.1. The summed E-state index contributed by atoms with van der Waals surface area (Å²) in [4.78, 5) is 21.1. The number of aliphatic hydroxyl groups is 1. The van der Waals surface area contributed by atoms with Crippen LogP contribution in [0.3, 0.4) is 0 Å². The predicted octanol–water partition coefficient (Wildman–Crippen LogP) is 1.49. The highest BCUT2D eigenvalue weighted by Gasteiger charge is 2.56. The molecule has 2 aromatic heterocycles. The smallest absolute Gasteiger partial charge is 0.256 e. The van der Waals surface area contributed by atoms with E-state index < -0.39 is 30.3 Å². The number of fused-ring (bicyclic) bond motifs is 2. The molecule has 2 fully saturated rings. The van der Waals surface area contributed by atoms with E-state index in [4.69, 9.17) is 14.2 Å². The summed E-state index contributed by atoms with van der Waals surface area (Å²) >= 11 is 0. The van der Waals surface area contributed by atoms with Crippen molar-refractivity contribution in [2.75, 3.05) is 11.9 Å². The molecule has 30 heavy (non-hydrogen) atoms. The Labute approximate surface area is 171 Å². The number of hydrogen-bond donors (Lipinski definition) is 2. The molecule has 0 saturated carbocycles. The third kappa shape index (κ3) is 3.14. The van der Waals surface area contributed by atoms with Crippen molar-refractivity contribution in [3.63, 3.8) is 0 Å². The maximum Gasteiger partial charge on any atom is 0.256 e. The van der Waals surface area contributed by atoms with Crippen molar-refractivity contribution in [3.05, 3.63) is 48.4 Å². The van der Waals surface area contributed by atoms with Crippen molar-refractivity contribution in [2.45, 2.75) is 44.2 Å². The average molecular weight is 411 g/mol. The van der Waals surface area contributed by atoms with Gasteiger partial charge in [-0.05, 0) is 26.0 Å². The van der Waals surface area contributed by atoms with Crippen LogP contribution >= 0.6 is 0 Å². The third-order valence-corrected chi connectivity index (χ3v) is 5.21. The van der Waals surface area contributed by atoms with Crippen LogP contribution < -0.4 is 5.32 Å². The second-order valence-electron chi connectivity index (χ2n) is 7.68. The van der Waals surface area contributed by atoms with Crippen molar-refractivity contribution in [1.82, 2.24) is 19.7 Å². The first-order chi connectivity index (χ1) is 14.5. The number of anilines is 1. The lowest BCUT2D eigenvalue weighted by Crippen LogP contribution is -2.31. The number of hydrogen-bond acceptors (Lipinski definition) is 8. The molecule has 1 amide bonds. The number of carbonyl (C=O) groups excluding carboxylic acids is 1. The number of aliphatic hydroxyl groups excluding tert-OH is 1. The molecule has 2 saturated heterocycles. The van der Waals surface area contributed by atoms with Gasteiger partial charge in [-0.2, -0.15) is 5.10 Å². The van der Waals surface area contributed by atoms with Gasteiger partial charge < -0.3 is 24.6 Å². The lowest BCUT2D eigenvalue weighted by molar-refractivity contribution is -0.201. The third-order valence-electron chi connectivity index (χ3n) is 5.21. The van der Waals surface area contributed by atoms with Crippen LogP contribution in [-0.2, 0) is 14.2 Å². The van der Waals surface area contributed by atoms with Gasteiger partial charge >= 0.3 is 0 Å². The van der Waals surface area contributed by atoms with Crippen LogP contribution in [0.2, 0.25) is 0 Å². The van der Waals surface area contributed by atoms with E-state index in [-0.39, 0.29) is 12.5 Å². The zero-order valence-corrected chi connectivity index (χ0v) is 16.4. The Bertz CT molecular complexity index is 1090. The largest absolute Gasteiger partial charge is 0.394 e. The summed E-state index contributed by atoms with van der Waals surface area (Å²) in [5, 5.41) is 17.5. The zero-order valence-electron chi connectivity index (χ0n) is 16.4. The minimum atomic E-state index is -0.794. The first-order valence-electron chi connectivity index (χ1n) is 9.63. The van der Waals surface area contributed by atoms with E-state index in [2.05, 4.69) is 20.4 Å². The van der Waals surface area contributed by atoms with Crippen molar-refractivity contribution < 1.29 is 24.1 Å². The number of benzene rings is 1. The molecular formula is C20H21N5O5. The second kappa shape index (κ2) is 7.10. The Morgan fingerprint density at radius 2 is 1.97 bits per heavy atom. The Balaban J connectivity index is 1.47. The molecule has 0 unspecified atom stereocenters. The number of carbonyl (C=O) groups is 1. The number of rotatable bonds is 4. The van der Waals surface area contributed by atoms with Crippen molar-refractivity contribution >= 4 is 22.8 Å². The summed E-state index contributed by atoms with van der Waals surface area (Å²) in [5.74, 6) is -0.732. The molecule has 4 atom stereocenters. The number of nitrogens with one attached hydrogen (secondary N) is 1. The van der Waals surface area contributed by atoms with Gasteiger partial charge in [0.1, 0.15) is 30.5 Å². The topological polar surface area (TPSA) is 121 Å². The fraction of sp³-hybridized carbons (Fsp3) is 0.400. The summed E-state index contributed by atoms with van der Waals surface area (Å²) in [6.45, 7) is 3.43. The van der Waals surface area contributed by atoms with Crippen molar-refractivity contribution in [1.29, 1.82) is 0 Å². The molecule has 4 heterocycles. The van der Waals surface area contributed by atoms with E-state index in [0.29, 0.717) is 22.4 Å². The van der Waals surface area contributed by atoms with Gasteiger partial charge in [-0.15, -0.1) is 0 Å². The fourth-order valence-corrected chi connectivity index (χ4v) is 3.92. The van der Waals surface area contributed by atoms with E-state index in [1.807, 2.05) is 19.9 Å². The standard InChI is InChI=1S/C20H21N5O5/c1-20(2)29-14-13(9-26)28-19(15(14)30-20)25-17-12(8-23-25)16(21-10-22-17)24-18(27)11-6-4-3-5-7-11/h3-8,10,13-15,19,26H,9H2,1-2H3,(H,21,22,24,27)/t13-,14-,15-,19-/m1/s1. The van der Waals surface area contributed by atoms with Crippen molar-refractivity contribution in [2.24, 2.45) is 0 Å². The van der Waals surface area contributed by atoms with Gasteiger partial charge in [-0.3, -0.25) is 4.79 Å². The van der Waals surface area contributed by atoms with E-state index in [1.165, 1.54) is 6.33 Å². The number of amides is 1. The van der Waals surface area contributed by atoms with E-state index in [1.54, 1.807) is 35.1 Å². The Hall–Kier alpha value is -2.92. The zero-order chi connectivity index (χ0) is 20.9. The SMILES string of the molecule is CC1(C)O[C@@H]2[C@H](O1)[C@@H](CO)O[C@H]2n1ncc2c(NC(=O)c3ccccc3)ncnc21. The van der Waals surface area contributed by atoms with Crippen molar-refractivity contribution in [3.8, 4) is 0 Å². The molecule has 2 aliphatic heterocycles. The van der Waals surface area contributed by atoms with Gasteiger partial charge in [0.2, 0.25) is 0 Å². The molecule has 0 bridgehead atoms. The second-order valence-corrected chi connectivity index (χ2v) is 7.68. The van der Waals surface area contributed by atoms with Gasteiger partial charge in [0.25, 0.3) is 5.91 Å². The van der Waals surface area contributed by atoms with E-state index in [0.717, 1.165) is 0 Å².